The van der Waals surface area contributed by atoms with Crippen molar-refractivity contribution < 1.29 is 34.6 Å². The SMILES string of the molecule is [Pt].[c-]1c(N2[CH-]N(c3ccccc3)c3ccccc32)cc2c(oc3ccc4c5ccccc5oc4c32)c1Oc1[c-]c2c(cc1)c1ccccc1n2-c1ccccn1. The minimum absolute atomic E-state index is 0. The van der Waals surface area contributed by atoms with Crippen LogP contribution in [0.3, 0.4) is 0 Å². The molecule has 7 nitrogen and oxygen atoms in total. The van der Waals surface area contributed by atoms with Crippen molar-refractivity contribution in [1.29, 1.82) is 0 Å². The normalized spacial score (nSPS) is 12.7. The van der Waals surface area contributed by atoms with Gasteiger partial charge in [0.2, 0.25) is 0 Å². The van der Waals surface area contributed by atoms with Crippen molar-refractivity contribution in [2.24, 2.45) is 0 Å². The molecule has 0 saturated heterocycles. The zero-order valence-electron chi connectivity index (χ0n) is 29.4. The van der Waals surface area contributed by atoms with Crippen molar-refractivity contribution >= 4 is 88.4 Å². The molecule has 0 fully saturated rings. The average Bonchev–Trinajstić information content (AvgIpc) is 4.00. The molecule has 11 aromatic rings. The van der Waals surface area contributed by atoms with Gasteiger partial charge in [-0.1, -0.05) is 89.4 Å². The second-order valence-electron chi connectivity index (χ2n) is 13.6. The topological polar surface area (TPSA) is 59.8 Å². The Balaban J connectivity index is 0.00000363. The fourth-order valence-corrected chi connectivity index (χ4v) is 8.11. The number of nitrogens with zero attached hydrogens (tertiary/aromatic N) is 4. The van der Waals surface area contributed by atoms with E-state index in [1.54, 1.807) is 6.20 Å². The van der Waals surface area contributed by atoms with Gasteiger partial charge >= 0.3 is 0 Å². The number of anilines is 4. The molecule has 0 amide bonds. The summed E-state index contributed by atoms with van der Waals surface area (Å²) in [5, 5.41) is 5.98. The molecule has 0 unspecified atom stereocenters. The van der Waals surface area contributed by atoms with Gasteiger partial charge in [-0.3, -0.25) is 0 Å². The van der Waals surface area contributed by atoms with Crippen LogP contribution in [0.25, 0.3) is 71.5 Å². The van der Waals surface area contributed by atoms with Crippen molar-refractivity contribution in [1.82, 2.24) is 9.55 Å². The third-order valence-corrected chi connectivity index (χ3v) is 10.5. The first kappa shape index (κ1) is 32.6. The van der Waals surface area contributed by atoms with Gasteiger partial charge in [0.1, 0.15) is 22.6 Å². The fourth-order valence-electron chi connectivity index (χ4n) is 8.11. The zero-order valence-corrected chi connectivity index (χ0v) is 31.7. The summed E-state index contributed by atoms with van der Waals surface area (Å²) in [4.78, 5) is 9.04. The van der Waals surface area contributed by atoms with E-state index in [-0.39, 0.29) is 21.1 Å². The Bertz CT molecular complexity index is 3300. The van der Waals surface area contributed by atoms with Gasteiger partial charge in [0.25, 0.3) is 0 Å². The molecule has 0 bridgehead atoms. The Labute approximate surface area is 334 Å². The summed E-state index contributed by atoms with van der Waals surface area (Å²) in [6.45, 7) is 2.10. The molecule has 5 heterocycles. The van der Waals surface area contributed by atoms with Gasteiger partial charge in [0.05, 0.1) is 11.3 Å². The van der Waals surface area contributed by atoms with Crippen LogP contribution in [0.1, 0.15) is 0 Å². The number of pyridine rings is 1. The van der Waals surface area contributed by atoms with Crippen molar-refractivity contribution in [3.8, 4) is 17.3 Å². The quantitative estimate of drug-likeness (QED) is 0.160. The summed E-state index contributed by atoms with van der Waals surface area (Å²) in [5.74, 6) is 1.76. The number of hydrogen-bond acceptors (Lipinski definition) is 6. The van der Waals surface area contributed by atoms with Gasteiger partial charge in [-0.25, -0.2) is 4.98 Å². The molecule has 8 heteroatoms. The molecule has 56 heavy (non-hydrogen) atoms. The van der Waals surface area contributed by atoms with Crippen LogP contribution in [-0.2, 0) is 21.1 Å². The summed E-state index contributed by atoms with van der Waals surface area (Å²) in [6.07, 6.45) is 1.81. The van der Waals surface area contributed by atoms with Crippen LogP contribution in [-0.4, -0.2) is 9.55 Å². The van der Waals surface area contributed by atoms with E-state index in [0.717, 1.165) is 83.1 Å². The Morgan fingerprint density at radius 2 is 1.30 bits per heavy atom. The summed E-state index contributed by atoms with van der Waals surface area (Å²) < 4.78 is 22.2. The van der Waals surface area contributed by atoms with E-state index < -0.39 is 0 Å². The van der Waals surface area contributed by atoms with Crippen molar-refractivity contribution in [2.75, 3.05) is 9.80 Å². The van der Waals surface area contributed by atoms with Crippen LogP contribution in [0, 0.1) is 18.8 Å². The van der Waals surface area contributed by atoms with E-state index in [1.165, 1.54) is 0 Å². The number of rotatable bonds is 5. The van der Waals surface area contributed by atoms with Crippen LogP contribution in [0.4, 0.5) is 22.7 Å². The first-order chi connectivity index (χ1) is 27.3. The predicted octanol–water partition coefficient (Wildman–Crippen LogP) is 12.8. The molecule has 0 radical (unpaired) electrons. The predicted molar refractivity (Wildman–Crippen MR) is 219 cm³/mol. The standard InChI is InChI=1S/C48H27N4O3.Pt/c1-2-12-30(13-3-1)50-29-51(40-18-8-7-17-39(40)50)31-26-37-46-43(24-23-36-35-15-5-9-19-42(35)54-48(36)46)55-47(37)44(27-31)53-32-21-22-34-33-14-4-6-16-38(33)52(41(34)28-32)45-20-10-11-25-49-45;/h1-26,29H;/q-3;. The second-order valence-corrected chi connectivity index (χ2v) is 13.6. The van der Waals surface area contributed by atoms with Crippen LogP contribution in [0.2, 0.25) is 0 Å². The minimum Gasteiger partial charge on any atom is -0.512 e. The fraction of sp³-hybridized carbons (Fsp3) is 0. The van der Waals surface area contributed by atoms with Crippen LogP contribution in [0.5, 0.6) is 11.5 Å². The molecule has 7 aromatic carbocycles. The van der Waals surface area contributed by atoms with E-state index in [9.17, 15) is 0 Å². The number of fused-ring (bicyclic) bond motifs is 11. The molecule has 4 aromatic heterocycles. The van der Waals surface area contributed by atoms with Crippen molar-refractivity contribution in [3.05, 3.63) is 177 Å². The molecule has 0 atom stereocenters. The van der Waals surface area contributed by atoms with E-state index in [1.807, 2.05) is 60.7 Å². The molecule has 0 N–H and O–H groups in total. The minimum atomic E-state index is 0. The molecule has 0 aliphatic carbocycles. The average molecular weight is 903 g/mol. The molecule has 12 rings (SSSR count). The largest absolute Gasteiger partial charge is 0.512 e. The molecular weight excluding hydrogens is 876 g/mol. The van der Waals surface area contributed by atoms with Gasteiger partial charge in [-0.2, -0.15) is 6.07 Å². The van der Waals surface area contributed by atoms with Crippen LogP contribution >= 0.6 is 0 Å². The summed E-state index contributed by atoms with van der Waals surface area (Å²) in [5.41, 5.74) is 8.67. The molecule has 270 valence electrons. The Morgan fingerprint density at radius 1 is 0.571 bits per heavy atom. The molecular formula is C48H27N4O3Pt-3. The van der Waals surface area contributed by atoms with Gasteiger partial charge in [0, 0.05) is 71.7 Å². The number of hydrogen-bond donors (Lipinski definition) is 0. The van der Waals surface area contributed by atoms with Gasteiger partial charge in [0.15, 0.2) is 0 Å². The van der Waals surface area contributed by atoms with E-state index in [0.29, 0.717) is 22.7 Å². The second kappa shape index (κ2) is 12.6. The number of aromatic nitrogens is 2. The molecule has 0 saturated carbocycles. The van der Waals surface area contributed by atoms with E-state index in [2.05, 4.69) is 124 Å². The number of furan rings is 2. The van der Waals surface area contributed by atoms with E-state index >= 15 is 0 Å². The van der Waals surface area contributed by atoms with Gasteiger partial charge in [-0.05, 0) is 66.0 Å². The third-order valence-electron chi connectivity index (χ3n) is 10.5. The van der Waals surface area contributed by atoms with Gasteiger partial charge in [-0.15, -0.1) is 36.3 Å². The first-order valence-corrected chi connectivity index (χ1v) is 18.1. The summed E-state index contributed by atoms with van der Waals surface area (Å²) in [6, 6.07) is 58.6. The Hall–Kier alpha value is -6.82. The van der Waals surface area contributed by atoms with Crippen molar-refractivity contribution in [2.45, 2.75) is 0 Å². The zero-order chi connectivity index (χ0) is 36.0. The maximum atomic E-state index is 6.86. The molecule has 0 spiro atoms. The maximum Gasteiger partial charge on any atom is 0.144 e. The summed E-state index contributed by atoms with van der Waals surface area (Å²) in [7, 11) is 0. The first-order valence-electron chi connectivity index (χ1n) is 18.1. The maximum absolute atomic E-state index is 6.86. The monoisotopic (exact) mass is 902 g/mol. The number of benzene rings is 7. The Kier molecular flexibility index (Phi) is 7.35. The molecule has 1 aliphatic heterocycles. The number of para-hydroxylation sites is 5. The Morgan fingerprint density at radius 3 is 2.16 bits per heavy atom. The summed E-state index contributed by atoms with van der Waals surface area (Å²) >= 11 is 0. The smallest absolute Gasteiger partial charge is 0.144 e. The van der Waals surface area contributed by atoms with E-state index in [4.69, 9.17) is 18.6 Å². The van der Waals surface area contributed by atoms with Gasteiger partial charge < -0.3 is 27.9 Å². The third kappa shape index (κ3) is 4.84. The molecule has 1 aliphatic rings. The van der Waals surface area contributed by atoms with Crippen LogP contribution < -0.4 is 14.5 Å². The number of ether oxygens (including phenoxy) is 1. The van der Waals surface area contributed by atoms with Crippen LogP contribution in [0.15, 0.2) is 167 Å². The van der Waals surface area contributed by atoms with Crippen molar-refractivity contribution in [3.63, 3.8) is 0 Å².